The molecule has 0 aliphatic rings. The van der Waals surface area contributed by atoms with E-state index in [1.54, 1.807) is 6.33 Å². The number of rotatable bonds is 1. The molecule has 0 fully saturated rings. The summed E-state index contributed by atoms with van der Waals surface area (Å²) >= 11 is 0. The molecule has 2 heterocycles. The minimum atomic E-state index is 0.0526. The van der Waals surface area contributed by atoms with Gasteiger partial charge in [0.2, 0.25) is 0 Å². The van der Waals surface area contributed by atoms with Gasteiger partial charge in [-0.1, -0.05) is 6.07 Å². The lowest BCUT2D eigenvalue weighted by molar-refractivity contribution is 0.808. The molecule has 1 atom stereocenters. The van der Waals surface area contributed by atoms with Gasteiger partial charge in [-0.15, -0.1) is 10.2 Å². The van der Waals surface area contributed by atoms with Crippen molar-refractivity contribution in [3.8, 4) is 0 Å². The molecule has 62 valence electrons. The monoisotopic (exact) mass is 162 g/mol. The Kier molecular flexibility index (Phi) is 1.55. The van der Waals surface area contributed by atoms with Crippen LogP contribution in [0.15, 0.2) is 24.7 Å². The molecule has 4 nitrogen and oxygen atoms in total. The first-order chi connectivity index (χ1) is 5.77. The Bertz CT molecular complexity index is 391. The number of nitrogens with zero attached hydrogens (tertiary/aromatic N) is 3. The molecule has 2 aromatic heterocycles. The van der Waals surface area contributed by atoms with Crippen molar-refractivity contribution in [1.82, 2.24) is 14.6 Å². The lowest BCUT2D eigenvalue weighted by atomic mass is 10.2. The van der Waals surface area contributed by atoms with E-state index in [9.17, 15) is 0 Å². The highest BCUT2D eigenvalue weighted by Gasteiger charge is 2.00. The first kappa shape index (κ1) is 7.24. The van der Waals surface area contributed by atoms with E-state index >= 15 is 0 Å². The molecule has 0 aliphatic heterocycles. The SMILES string of the molecule is CC(N)c1ccc2nncn2c1. The summed E-state index contributed by atoms with van der Waals surface area (Å²) in [5, 5.41) is 7.67. The van der Waals surface area contributed by atoms with Crippen LogP contribution in [-0.2, 0) is 0 Å². The largest absolute Gasteiger partial charge is 0.324 e. The lowest BCUT2D eigenvalue weighted by Crippen LogP contribution is -2.05. The highest BCUT2D eigenvalue weighted by atomic mass is 15.2. The topological polar surface area (TPSA) is 56.2 Å². The number of hydrogen-bond donors (Lipinski definition) is 1. The molecule has 0 aliphatic carbocycles. The van der Waals surface area contributed by atoms with E-state index in [0.717, 1.165) is 11.2 Å². The molecular formula is C8H10N4. The van der Waals surface area contributed by atoms with Gasteiger partial charge in [-0.2, -0.15) is 0 Å². The van der Waals surface area contributed by atoms with E-state index in [1.807, 2.05) is 29.7 Å². The maximum Gasteiger partial charge on any atom is 0.160 e. The molecule has 0 saturated carbocycles. The summed E-state index contributed by atoms with van der Waals surface area (Å²) < 4.78 is 1.86. The molecule has 12 heavy (non-hydrogen) atoms. The smallest absolute Gasteiger partial charge is 0.160 e. The van der Waals surface area contributed by atoms with Crippen LogP contribution in [-0.4, -0.2) is 14.6 Å². The van der Waals surface area contributed by atoms with Gasteiger partial charge in [0, 0.05) is 12.2 Å². The molecule has 2 N–H and O–H groups in total. The van der Waals surface area contributed by atoms with Crippen molar-refractivity contribution in [3.05, 3.63) is 30.2 Å². The van der Waals surface area contributed by atoms with Crippen molar-refractivity contribution in [2.24, 2.45) is 5.73 Å². The third kappa shape index (κ3) is 1.06. The second-order valence-corrected chi connectivity index (χ2v) is 2.85. The highest BCUT2D eigenvalue weighted by molar-refractivity contribution is 5.38. The van der Waals surface area contributed by atoms with Crippen LogP contribution in [0.2, 0.25) is 0 Å². The van der Waals surface area contributed by atoms with Gasteiger partial charge in [-0.3, -0.25) is 4.40 Å². The summed E-state index contributed by atoms with van der Waals surface area (Å²) in [5.41, 5.74) is 7.65. The Hall–Kier alpha value is -1.42. The first-order valence-electron chi connectivity index (χ1n) is 3.82. The fourth-order valence-corrected chi connectivity index (χ4v) is 1.11. The van der Waals surface area contributed by atoms with E-state index in [1.165, 1.54) is 0 Å². The average Bonchev–Trinajstić information content (AvgIpc) is 2.49. The van der Waals surface area contributed by atoms with Gasteiger partial charge in [0.05, 0.1) is 0 Å². The lowest BCUT2D eigenvalue weighted by Gasteiger charge is -2.04. The second kappa shape index (κ2) is 2.57. The summed E-state index contributed by atoms with van der Waals surface area (Å²) in [7, 11) is 0. The van der Waals surface area contributed by atoms with E-state index < -0.39 is 0 Å². The van der Waals surface area contributed by atoms with Gasteiger partial charge in [0.25, 0.3) is 0 Å². The number of pyridine rings is 1. The standard InChI is InChI=1S/C8H10N4/c1-6(9)7-2-3-8-11-10-5-12(8)4-7/h2-6H,9H2,1H3. The molecule has 0 saturated heterocycles. The van der Waals surface area contributed by atoms with E-state index in [4.69, 9.17) is 5.73 Å². The summed E-state index contributed by atoms with van der Waals surface area (Å²) in [6.07, 6.45) is 3.61. The zero-order valence-corrected chi connectivity index (χ0v) is 6.81. The minimum Gasteiger partial charge on any atom is -0.324 e. The Morgan fingerprint density at radius 3 is 3.08 bits per heavy atom. The van der Waals surface area contributed by atoms with Crippen LogP contribution in [0.1, 0.15) is 18.5 Å². The van der Waals surface area contributed by atoms with Crippen LogP contribution in [0, 0.1) is 0 Å². The van der Waals surface area contributed by atoms with Crippen LogP contribution in [0.5, 0.6) is 0 Å². The fourth-order valence-electron chi connectivity index (χ4n) is 1.11. The average molecular weight is 162 g/mol. The normalized spacial score (nSPS) is 13.5. The van der Waals surface area contributed by atoms with Crippen LogP contribution < -0.4 is 5.73 Å². The molecular weight excluding hydrogens is 152 g/mol. The molecule has 0 aromatic carbocycles. The maximum atomic E-state index is 5.72. The van der Waals surface area contributed by atoms with Crippen molar-refractivity contribution < 1.29 is 0 Å². The van der Waals surface area contributed by atoms with Gasteiger partial charge < -0.3 is 5.73 Å². The van der Waals surface area contributed by atoms with Crippen molar-refractivity contribution in [2.75, 3.05) is 0 Å². The Morgan fingerprint density at radius 2 is 2.33 bits per heavy atom. The second-order valence-electron chi connectivity index (χ2n) is 2.85. The van der Waals surface area contributed by atoms with Crippen molar-refractivity contribution in [2.45, 2.75) is 13.0 Å². The Balaban J connectivity index is 2.60. The van der Waals surface area contributed by atoms with E-state index in [-0.39, 0.29) is 6.04 Å². The highest BCUT2D eigenvalue weighted by Crippen LogP contribution is 2.09. The van der Waals surface area contributed by atoms with E-state index in [0.29, 0.717) is 0 Å². The van der Waals surface area contributed by atoms with Crippen molar-refractivity contribution >= 4 is 5.65 Å². The molecule has 0 bridgehead atoms. The molecule has 0 spiro atoms. The van der Waals surface area contributed by atoms with Gasteiger partial charge in [0.1, 0.15) is 6.33 Å². The van der Waals surface area contributed by atoms with Crippen LogP contribution in [0.3, 0.4) is 0 Å². The van der Waals surface area contributed by atoms with Crippen molar-refractivity contribution in [1.29, 1.82) is 0 Å². The molecule has 2 rings (SSSR count). The molecule has 2 aromatic rings. The number of hydrogen-bond acceptors (Lipinski definition) is 3. The molecule has 0 amide bonds. The quantitative estimate of drug-likeness (QED) is 0.673. The van der Waals surface area contributed by atoms with Crippen LogP contribution >= 0.6 is 0 Å². The number of nitrogens with two attached hydrogens (primary N) is 1. The van der Waals surface area contributed by atoms with Crippen molar-refractivity contribution in [3.63, 3.8) is 0 Å². The first-order valence-corrected chi connectivity index (χ1v) is 3.82. The van der Waals surface area contributed by atoms with Gasteiger partial charge in [-0.05, 0) is 18.6 Å². The number of aromatic nitrogens is 3. The summed E-state index contributed by atoms with van der Waals surface area (Å²) in [5.74, 6) is 0. The number of fused-ring (bicyclic) bond motifs is 1. The maximum absolute atomic E-state index is 5.72. The molecule has 4 heteroatoms. The third-order valence-corrected chi connectivity index (χ3v) is 1.84. The van der Waals surface area contributed by atoms with Gasteiger partial charge in [-0.25, -0.2) is 0 Å². The predicted octanol–water partition coefficient (Wildman–Crippen LogP) is 0.749. The van der Waals surface area contributed by atoms with Gasteiger partial charge in [0.15, 0.2) is 5.65 Å². The van der Waals surface area contributed by atoms with Crippen LogP contribution in [0.4, 0.5) is 0 Å². The summed E-state index contributed by atoms with van der Waals surface area (Å²) in [6, 6.07) is 3.93. The Labute approximate surface area is 70.0 Å². The van der Waals surface area contributed by atoms with E-state index in [2.05, 4.69) is 10.2 Å². The predicted molar refractivity (Wildman–Crippen MR) is 45.6 cm³/mol. The van der Waals surface area contributed by atoms with Gasteiger partial charge >= 0.3 is 0 Å². The Morgan fingerprint density at radius 1 is 1.50 bits per heavy atom. The molecule has 1 unspecified atom stereocenters. The molecule has 0 radical (unpaired) electrons. The third-order valence-electron chi connectivity index (χ3n) is 1.84. The zero-order chi connectivity index (χ0) is 8.55. The minimum absolute atomic E-state index is 0.0526. The summed E-state index contributed by atoms with van der Waals surface area (Å²) in [6.45, 7) is 1.95. The van der Waals surface area contributed by atoms with Crippen LogP contribution in [0.25, 0.3) is 5.65 Å². The fraction of sp³-hybridized carbons (Fsp3) is 0.250. The summed E-state index contributed by atoms with van der Waals surface area (Å²) in [4.78, 5) is 0. The zero-order valence-electron chi connectivity index (χ0n) is 6.81.